The molecule has 7 heteroatoms. The minimum Gasteiger partial charge on any atom is -0.497 e. The number of carboxylic acids is 1. The first-order chi connectivity index (χ1) is 11.0. The molecule has 1 aromatic carbocycles. The molecule has 0 spiro atoms. The van der Waals surface area contributed by atoms with Crippen LogP contribution in [-0.4, -0.2) is 55.2 Å². The van der Waals surface area contributed by atoms with Crippen molar-refractivity contribution in [1.29, 1.82) is 0 Å². The van der Waals surface area contributed by atoms with Crippen molar-refractivity contribution in [3.63, 3.8) is 0 Å². The molecule has 1 amide bonds. The molecule has 7 nitrogen and oxygen atoms in total. The van der Waals surface area contributed by atoms with Crippen LogP contribution >= 0.6 is 0 Å². The van der Waals surface area contributed by atoms with Crippen molar-refractivity contribution in [3.8, 4) is 11.5 Å². The van der Waals surface area contributed by atoms with E-state index in [2.05, 4.69) is 5.32 Å². The van der Waals surface area contributed by atoms with Gasteiger partial charge in [-0.2, -0.15) is 0 Å². The Bertz CT molecular complexity index is 572. The largest absolute Gasteiger partial charge is 0.497 e. The number of amides is 1. The molecule has 126 valence electrons. The number of benzene rings is 1. The van der Waals surface area contributed by atoms with Crippen LogP contribution in [0.25, 0.3) is 0 Å². The molecule has 0 unspecified atom stereocenters. The molecule has 0 radical (unpaired) electrons. The molecule has 1 saturated carbocycles. The number of carboxylic acid groups (broad SMARTS) is 1. The summed E-state index contributed by atoms with van der Waals surface area (Å²) in [5.41, 5.74) is 0.935. The monoisotopic (exact) mass is 322 g/mol. The smallest absolute Gasteiger partial charge is 0.322 e. The Labute approximate surface area is 135 Å². The van der Waals surface area contributed by atoms with E-state index in [-0.39, 0.29) is 19.0 Å². The van der Waals surface area contributed by atoms with Crippen molar-refractivity contribution < 1.29 is 24.2 Å². The van der Waals surface area contributed by atoms with E-state index >= 15 is 0 Å². The van der Waals surface area contributed by atoms with E-state index < -0.39 is 5.97 Å². The van der Waals surface area contributed by atoms with Gasteiger partial charge in [0.05, 0.1) is 20.8 Å². The lowest BCUT2D eigenvalue weighted by atomic mass is 10.1. The highest BCUT2D eigenvalue weighted by Gasteiger charge is 2.31. The summed E-state index contributed by atoms with van der Waals surface area (Å²) >= 11 is 0. The van der Waals surface area contributed by atoms with Crippen molar-refractivity contribution in [3.05, 3.63) is 23.8 Å². The predicted molar refractivity (Wildman–Crippen MR) is 83.6 cm³/mol. The number of rotatable bonds is 9. The van der Waals surface area contributed by atoms with E-state index in [1.165, 1.54) is 0 Å². The Kier molecular flexibility index (Phi) is 5.81. The molecule has 0 aromatic heterocycles. The second-order valence-corrected chi connectivity index (χ2v) is 5.48. The highest BCUT2D eigenvalue weighted by Crippen LogP contribution is 2.31. The molecule has 0 bridgehead atoms. The first-order valence-electron chi connectivity index (χ1n) is 7.47. The lowest BCUT2D eigenvalue weighted by molar-refractivity contribution is -0.138. The number of nitrogens with zero attached hydrogens (tertiary/aromatic N) is 1. The second kappa shape index (κ2) is 7.82. The number of aliphatic carboxylic acids is 1. The van der Waals surface area contributed by atoms with Crippen LogP contribution < -0.4 is 14.8 Å². The minimum absolute atomic E-state index is 0.165. The molecule has 1 aliphatic rings. The third-order valence-electron chi connectivity index (χ3n) is 3.71. The fourth-order valence-corrected chi connectivity index (χ4v) is 2.39. The molecule has 1 aromatic rings. The molecular weight excluding hydrogens is 300 g/mol. The second-order valence-electron chi connectivity index (χ2n) is 5.48. The van der Waals surface area contributed by atoms with Crippen molar-refractivity contribution in [2.24, 2.45) is 0 Å². The lowest BCUT2D eigenvalue weighted by Gasteiger charge is -2.22. The third kappa shape index (κ3) is 5.14. The fraction of sp³-hybridized carbons (Fsp3) is 0.500. The predicted octanol–water partition coefficient (Wildman–Crippen LogP) is 0.869. The fourth-order valence-electron chi connectivity index (χ4n) is 2.39. The van der Waals surface area contributed by atoms with Gasteiger partial charge in [-0.25, -0.2) is 0 Å². The number of hydrogen-bond acceptors (Lipinski definition) is 5. The van der Waals surface area contributed by atoms with Gasteiger partial charge >= 0.3 is 5.97 Å². The van der Waals surface area contributed by atoms with Crippen molar-refractivity contribution >= 4 is 11.9 Å². The van der Waals surface area contributed by atoms with E-state index in [9.17, 15) is 9.59 Å². The van der Waals surface area contributed by atoms with Gasteiger partial charge in [-0.15, -0.1) is 0 Å². The number of ether oxygens (including phenoxy) is 2. The van der Waals surface area contributed by atoms with Crippen LogP contribution in [0.3, 0.4) is 0 Å². The summed E-state index contributed by atoms with van der Waals surface area (Å²) in [4.78, 5) is 24.4. The molecular formula is C16H22N2O5. The maximum Gasteiger partial charge on any atom is 0.322 e. The number of nitrogens with one attached hydrogen (secondary N) is 1. The number of carbonyl (C=O) groups is 2. The summed E-state index contributed by atoms with van der Waals surface area (Å²) in [6.45, 7) is 0.351. The Morgan fingerprint density at radius 2 is 2.04 bits per heavy atom. The standard InChI is InChI=1S/C16H22N2O5/c1-22-13-5-6-14(23-2)11(7-13)9-18(12-3-4-12)10-15(19)17-8-16(20)21/h5-7,12H,3-4,8-10H2,1-2H3,(H,17,19)(H,20,21). The van der Waals surface area contributed by atoms with E-state index in [4.69, 9.17) is 14.6 Å². The third-order valence-corrected chi connectivity index (χ3v) is 3.71. The lowest BCUT2D eigenvalue weighted by Crippen LogP contribution is -2.40. The first-order valence-corrected chi connectivity index (χ1v) is 7.47. The quantitative estimate of drug-likeness (QED) is 0.701. The summed E-state index contributed by atoms with van der Waals surface area (Å²) in [6, 6.07) is 5.90. The maximum absolute atomic E-state index is 11.9. The zero-order chi connectivity index (χ0) is 16.8. The molecule has 0 saturated heterocycles. The van der Waals surface area contributed by atoms with E-state index in [0.29, 0.717) is 12.6 Å². The average Bonchev–Trinajstić information content (AvgIpc) is 3.37. The van der Waals surface area contributed by atoms with Gasteiger partial charge in [0.15, 0.2) is 0 Å². The molecule has 1 aliphatic carbocycles. The van der Waals surface area contributed by atoms with Gasteiger partial charge in [0.1, 0.15) is 18.0 Å². The molecule has 0 heterocycles. The number of carbonyl (C=O) groups excluding carboxylic acids is 1. The van der Waals surface area contributed by atoms with Crippen LogP contribution in [0.4, 0.5) is 0 Å². The number of methoxy groups -OCH3 is 2. The van der Waals surface area contributed by atoms with Crippen LogP contribution in [0.2, 0.25) is 0 Å². The van der Waals surface area contributed by atoms with Crippen LogP contribution in [-0.2, 0) is 16.1 Å². The van der Waals surface area contributed by atoms with Gasteiger partial charge in [-0.1, -0.05) is 0 Å². The molecule has 2 N–H and O–H groups in total. The van der Waals surface area contributed by atoms with Gasteiger partial charge in [0, 0.05) is 18.2 Å². The SMILES string of the molecule is COc1ccc(OC)c(CN(CC(=O)NCC(=O)O)C2CC2)c1. The number of hydrogen-bond donors (Lipinski definition) is 2. The van der Waals surface area contributed by atoms with Crippen LogP contribution in [0.1, 0.15) is 18.4 Å². The summed E-state index contributed by atoms with van der Waals surface area (Å²) in [5, 5.41) is 11.0. The Morgan fingerprint density at radius 3 is 2.61 bits per heavy atom. The van der Waals surface area contributed by atoms with Gasteiger partial charge in [-0.3, -0.25) is 14.5 Å². The molecule has 2 rings (SSSR count). The van der Waals surface area contributed by atoms with Crippen molar-refractivity contribution in [2.75, 3.05) is 27.3 Å². The van der Waals surface area contributed by atoms with Gasteiger partial charge < -0.3 is 19.9 Å². The van der Waals surface area contributed by atoms with E-state index in [0.717, 1.165) is 29.9 Å². The molecule has 1 fully saturated rings. The Balaban J connectivity index is 2.04. The van der Waals surface area contributed by atoms with E-state index in [1.54, 1.807) is 14.2 Å². The van der Waals surface area contributed by atoms with Crippen LogP contribution in [0, 0.1) is 0 Å². The van der Waals surface area contributed by atoms with Crippen molar-refractivity contribution in [1.82, 2.24) is 10.2 Å². The topological polar surface area (TPSA) is 88.1 Å². The molecule has 0 atom stereocenters. The first kappa shape index (κ1) is 17.1. The maximum atomic E-state index is 11.9. The van der Waals surface area contributed by atoms with Gasteiger partial charge in [-0.05, 0) is 31.0 Å². The summed E-state index contributed by atoms with van der Waals surface area (Å²) < 4.78 is 10.6. The van der Waals surface area contributed by atoms with Crippen LogP contribution in [0.5, 0.6) is 11.5 Å². The normalized spacial score (nSPS) is 13.7. The zero-order valence-corrected chi connectivity index (χ0v) is 13.4. The Hall–Kier alpha value is -2.28. The minimum atomic E-state index is -1.05. The van der Waals surface area contributed by atoms with Crippen molar-refractivity contribution in [2.45, 2.75) is 25.4 Å². The molecule has 23 heavy (non-hydrogen) atoms. The van der Waals surface area contributed by atoms with Gasteiger partial charge in [0.2, 0.25) is 5.91 Å². The summed E-state index contributed by atoms with van der Waals surface area (Å²) in [5.74, 6) is 0.126. The summed E-state index contributed by atoms with van der Waals surface area (Å²) in [6.07, 6.45) is 2.08. The zero-order valence-electron chi connectivity index (χ0n) is 13.4. The molecule has 0 aliphatic heterocycles. The highest BCUT2D eigenvalue weighted by atomic mass is 16.5. The highest BCUT2D eigenvalue weighted by molar-refractivity contribution is 5.82. The van der Waals surface area contributed by atoms with Crippen LogP contribution in [0.15, 0.2) is 18.2 Å². The average molecular weight is 322 g/mol. The van der Waals surface area contributed by atoms with E-state index in [1.807, 2.05) is 23.1 Å². The summed E-state index contributed by atoms with van der Waals surface area (Å²) in [7, 11) is 3.20. The van der Waals surface area contributed by atoms with Gasteiger partial charge in [0.25, 0.3) is 0 Å². The Morgan fingerprint density at radius 1 is 1.30 bits per heavy atom.